The third-order valence-corrected chi connectivity index (χ3v) is 4.51. The van der Waals surface area contributed by atoms with Crippen molar-refractivity contribution in [2.45, 2.75) is 12.5 Å². The van der Waals surface area contributed by atoms with Gasteiger partial charge in [-0.15, -0.1) is 0 Å². The van der Waals surface area contributed by atoms with Gasteiger partial charge in [0.2, 0.25) is 11.8 Å². The van der Waals surface area contributed by atoms with Crippen LogP contribution in [-0.4, -0.2) is 40.6 Å². The van der Waals surface area contributed by atoms with Gasteiger partial charge in [-0.05, 0) is 24.3 Å². The number of amides is 1. The molecule has 1 fully saturated rings. The standard InChI is InChI=1S/C16H17N3O3S/c1-21-14-3-2-12(9-18-14)19-16(20)11-4-6-17-15(8-11)22-13-5-7-23-10-13/h2-4,6,8-9,13H,5,7,10H2,1H3,(H,19,20). The van der Waals surface area contributed by atoms with E-state index in [9.17, 15) is 4.79 Å². The molecular formula is C16H17N3O3S. The lowest BCUT2D eigenvalue weighted by atomic mass is 10.2. The third kappa shape index (κ3) is 4.13. The fraction of sp³-hybridized carbons (Fsp3) is 0.312. The molecular weight excluding hydrogens is 314 g/mol. The average molecular weight is 331 g/mol. The highest BCUT2D eigenvalue weighted by Crippen LogP contribution is 2.22. The summed E-state index contributed by atoms with van der Waals surface area (Å²) in [4.78, 5) is 20.5. The molecule has 7 heteroatoms. The number of nitrogens with one attached hydrogen (secondary N) is 1. The van der Waals surface area contributed by atoms with Crippen LogP contribution in [0.25, 0.3) is 0 Å². The van der Waals surface area contributed by atoms with Gasteiger partial charge in [0, 0.05) is 29.6 Å². The molecule has 0 saturated carbocycles. The van der Waals surface area contributed by atoms with Crippen LogP contribution < -0.4 is 14.8 Å². The van der Waals surface area contributed by atoms with Crippen LogP contribution in [0.1, 0.15) is 16.8 Å². The molecule has 1 amide bonds. The number of thioether (sulfide) groups is 1. The van der Waals surface area contributed by atoms with Gasteiger partial charge in [-0.1, -0.05) is 0 Å². The maximum absolute atomic E-state index is 12.3. The van der Waals surface area contributed by atoms with Crippen molar-refractivity contribution < 1.29 is 14.3 Å². The summed E-state index contributed by atoms with van der Waals surface area (Å²) in [7, 11) is 1.54. The highest BCUT2D eigenvalue weighted by molar-refractivity contribution is 7.99. The van der Waals surface area contributed by atoms with Gasteiger partial charge >= 0.3 is 0 Å². The number of ether oxygens (including phenoxy) is 2. The molecule has 0 radical (unpaired) electrons. The van der Waals surface area contributed by atoms with E-state index in [0.29, 0.717) is 23.0 Å². The monoisotopic (exact) mass is 331 g/mol. The highest BCUT2D eigenvalue weighted by atomic mass is 32.2. The predicted octanol–water partition coefficient (Wildman–Crippen LogP) is 2.62. The molecule has 120 valence electrons. The van der Waals surface area contributed by atoms with Gasteiger partial charge in [-0.25, -0.2) is 9.97 Å². The molecule has 1 atom stereocenters. The minimum atomic E-state index is -0.231. The molecule has 2 aromatic rings. The lowest BCUT2D eigenvalue weighted by Gasteiger charge is -2.12. The van der Waals surface area contributed by atoms with E-state index in [4.69, 9.17) is 9.47 Å². The number of nitrogens with zero attached hydrogens (tertiary/aromatic N) is 2. The Morgan fingerprint density at radius 1 is 1.30 bits per heavy atom. The quantitative estimate of drug-likeness (QED) is 0.908. The summed E-state index contributed by atoms with van der Waals surface area (Å²) in [5.74, 6) is 2.82. The van der Waals surface area contributed by atoms with E-state index in [1.807, 2.05) is 11.8 Å². The number of hydrogen-bond donors (Lipinski definition) is 1. The van der Waals surface area contributed by atoms with E-state index in [2.05, 4.69) is 15.3 Å². The summed E-state index contributed by atoms with van der Waals surface area (Å²) < 4.78 is 10.8. The molecule has 23 heavy (non-hydrogen) atoms. The zero-order valence-corrected chi connectivity index (χ0v) is 13.5. The second kappa shape index (κ2) is 7.32. The minimum absolute atomic E-state index is 0.177. The average Bonchev–Trinajstić information content (AvgIpc) is 3.09. The predicted molar refractivity (Wildman–Crippen MR) is 89.3 cm³/mol. The summed E-state index contributed by atoms with van der Waals surface area (Å²) in [5.41, 5.74) is 1.10. The first-order chi connectivity index (χ1) is 11.2. The Morgan fingerprint density at radius 3 is 2.91 bits per heavy atom. The van der Waals surface area contributed by atoms with Gasteiger partial charge in [0.25, 0.3) is 5.91 Å². The van der Waals surface area contributed by atoms with Crippen LogP contribution in [0, 0.1) is 0 Å². The van der Waals surface area contributed by atoms with E-state index in [-0.39, 0.29) is 12.0 Å². The number of methoxy groups -OCH3 is 1. The molecule has 3 rings (SSSR count). The van der Waals surface area contributed by atoms with Crippen molar-refractivity contribution in [2.24, 2.45) is 0 Å². The Hall–Kier alpha value is -2.28. The Kier molecular flexibility index (Phi) is 4.97. The number of pyridine rings is 2. The second-order valence-corrected chi connectivity index (χ2v) is 6.18. The lowest BCUT2D eigenvalue weighted by molar-refractivity contribution is 0.102. The van der Waals surface area contributed by atoms with E-state index < -0.39 is 0 Å². The maximum Gasteiger partial charge on any atom is 0.255 e. The molecule has 0 spiro atoms. The fourth-order valence-electron chi connectivity index (χ4n) is 2.17. The van der Waals surface area contributed by atoms with Crippen LogP contribution in [0.2, 0.25) is 0 Å². The molecule has 0 bridgehead atoms. The number of hydrogen-bond acceptors (Lipinski definition) is 6. The van der Waals surface area contributed by atoms with Crippen LogP contribution in [0.15, 0.2) is 36.7 Å². The summed E-state index contributed by atoms with van der Waals surface area (Å²) in [6.07, 6.45) is 4.32. The number of rotatable bonds is 5. The first-order valence-corrected chi connectivity index (χ1v) is 8.42. The van der Waals surface area contributed by atoms with E-state index in [0.717, 1.165) is 17.9 Å². The summed E-state index contributed by atoms with van der Waals surface area (Å²) in [5, 5.41) is 2.79. The van der Waals surface area contributed by atoms with Gasteiger partial charge in [0.15, 0.2) is 0 Å². The van der Waals surface area contributed by atoms with Crippen molar-refractivity contribution in [2.75, 3.05) is 23.9 Å². The number of carbonyl (C=O) groups excluding carboxylic acids is 1. The normalized spacial score (nSPS) is 16.8. The van der Waals surface area contributed by atoms with Crippen molar-refractivity contribution >= 4 is 23.4 Å². The summed E-state index contributed by atoms with van der Waals surface area (Å²) in [6.45, 7) is 0. The summed E-state index contributed by atoms with van der Waals surface area (Å²) >= 11 is 1.87. The molecule has 6 nitrogen and oxygen atoms in total. The SMILES string of the molecule is COc1ccc(NC(=O)c2ccnc(OC3CCSC3)c2)cn1. The molecule has 1 saturated heterocycles. The first kappa shape index (κ1) is 15.6. The Balaban J connectivity index is 1.66. The van der Waals surface area contributed by atoms with Gasteiger partial charge in [-0.2, -0.15) is 11.8 Å². The van der Waals surface area contributed by atoms with Crippen molar-refractivity contribution in [3.63, 3.8) is 0 Å². The van der Waals surface area contributed by atoms with E-state index in [1.54, 1.807) is 43.8 Å². The Labute approximate surface area is 138 Å². The molecule has 0 aromatic carbocycles. The first-order valence-electron chi connectivity index (χ1n) is 7.26. The number of aromatic nitrogens is 2. The van der Waals surface area contributed by atoms with Crippen LogP contribution in [0.5, 0.6) is 11.8 Å². The van der Waals surface area contributed by atoms with Crippen LogP contribution >= 0.6 is 11.8 Å². The molecule has 0 aliphatic carbocycles. The third-order valence-electron chi connectivity index (χ3n) is 3.38. The molecule has 1 N–H and O–H groups in total. The Morgan fingerprint density at radius 2 is 2.22 bits per heavy atom. The van der Waals surface area contributed by atoms with Crippen molar-refractivity contribution in [3.05, 3.63) is 42.2 Å². The zero-order valence-electron chi connectivity index (χ0n) is 12.7. The summed E-state index contributed by atoms with van der Waals surface area (Å²) in [6, 6.07) is 6.74. The minimum Gasteiger partial charge on any atom is -0.481 e. The smallest absolute Gasteiger partial charge is 0.255 e. The van der Waals surface area contributed by atoms with Crippen LogP contribution in [0.3, 0.4) is 0 Å². The Bertz CT molecular complexity index is 673. The van der Waals surface area contributed by atoms with Crippen molar-refractivity contribution in [1.82, 2.24) is 9.97 Å². The van der Waals surface area contributed by atoms with Gasteiger partial charge in [0.05, 0.1) is 19.0 Å². The lowest BCUT2D eigenvalue weighted by Crippen LogP contribution is -2.17. The molecule has 1 aliphatic rings. The van der Waals surface area contributed by atoms with Crippen molar-refractivity contribution in [1.29, 1.82) is 0 Å². The fourth-order valence-corrected chi connectivity index (χ4v) is 3.26. The molecule has 1 aliphatic heterocycles. The van der Waals surface area contributed by atoms with Crippen molar-refractivity contribution in [3.8, 4) is 11.8 Å². The van der Waals surface area contributed by atoms with E-state index >= 15 is 0 Å². The molecule has 2 aromatic heterocycles. The second-order valence-electron chi connectivity index (χ2n) is 5.03. The highest BCUT2D eigenvalue weighted by Gasteiger charge is 2.18. The molecule has 1 unspecified atom stereocenters. The van der Waals surface area contributed by atoms with Gasteiger partial charge in [-0.3, -0.25) is 4.79 Å². The van der Waals surface area contributed by atoms with Gasteiger partial charge in [0.1, 0.15) is 6.10 Å². The number of carbonyl (C=O) groups is 1. The largest absolute Gasteiger partial charge is 0.481 e. The zero-order chi connectivity index (χ0) is 16.1. The van der Waals surface area contributed by atoms with E-state index in [1.165, 1.54) is 0 Å². The van der Waals surface area contributed by atoms with Crippen LogP contribution in [-0.2, 0) is 0 Å². The maximum atomic E-state index is 12.3. The molecule has 3 heterocycles. The van der Waals surface area contributed by atoms with Crippen LogP contribution in [0.4, 0.5) is 5.69 Å². The number of anilines is 1. The topological polar surface area (TPSA) is 73.3 Å². The van der Waals surface area contributed by atoms with Gasteiger partial charge < -0.3 is 14.8 Å².